The van der Waals surface area contributed by atoms with E-state index >= 15 is 0 Å². The highest BCUT2D eigenvalue weighted by molar-refractivity contribution is 6.00. The monoisotopic (exact) mass is 472 g/mol. The molecule has 0 radical (unpaired) electrons. The minimum absolute atomic E-state index is 0.210. The van der Waals surface area contributed by atoms with Crippen molar-refractivity contribution in [2.75, 3.05) is 31.2 Å². The number of hydrogen-bond acceptors (Lipinski definition) is 6. The van der Waals surface area contributed by atoms with E-state index in [9.17, 15) is 9.59 Å². The van der Waals surface area contributed by atoms with Gasteiger partial charge >= 0.3 is 5.97 Å². The fraction of sp³-hybridized carbons (Fsp3) is 0.286. The number of hydroxylamine groups is 1. The van der Waals surface area contributed by atoms with Crippen LogP contribution in [0.1, 0.15) is 17.0 Å². The van der Waals surface area contributed by atoms with E-state index in [0.29, 0.717) is 11.4 Å². The average Bonchev–Trinajstić information content (AvgIpc) is 3.39. The molecule has 1 aliphatic heterocycles. The fourth-order valence-corrected chi connectivity index (χ4v) is 5.33. The van der Waals surface area contributed by atoms with Gasteiger partial charge < -0.3 is 14.8 Å². The number of anilines is 2. The first-order valence-electron chi connectivity index (χ1n) is 11.6. The van der Waals surface area contributed by atoms with Crippen molar-refractivity contribution in [2.45, 2.75) is 18.9 Å². The number of carbonyl (C=O) groups is 2. The number of nitrogens with zero attached hydrogens (tertiary/aromatic N) is 1. The van der Waals surface area contributed by atoms with Crippen LogP contribution in [-0.4, -0.2) is 38.7 Å². The molecule has 35 heavy (non-hydrogen) atoms. The Balaban J connectivity index is 1.55. The summed E-state index contributed by atoms with van der Waals surface area (Å²) in [6, 6.07) is 24.0. The lowest BCUT2D eigenvalue weighted by Crippen LogP contribution is -2.45. The molecule has 1 spiro atoms. The van der Waals surface area contributed by atoms with E-state index in [2.05, 4.69) is 5.32 Å². The van der Waals surface area contributed by atoms with Gasteiger partial charge in [-0.25, -0.2) is 5.06 Å². The third-order valence-electron chi connectivity index (χ3n) is 7.09. The van der Waals surface area contributed by atoms with E-state index in [4.69, 9.17) is 14.3 Å². The smallest absolute Gasteiger partial charge is 0.310 e. The summed E-state index contributed by atoms with van der Waals surface area (Å²) in [5.74, 6) is -0.603. The van der Waals surface area contributed by atoms with Crippen LogP contribution in [0.4, 0.5) is 11.4 Å². The molecule has 0 aromatic heterocycles. The van der Waals surface area contributed by atoms with Crippen LogP contribution in [0.2, 0.25) is 0 Å². The summed E-state index contributed by atoms with van der Waals surface area (Å²) in [4.78, 5) is 33.0. The van der Waals surface area contributed by atoms with Crippen LogP contribution in [0.15, 0.2) is 78.9 Å². The Hall–Kier alpha value is -3.84. The molecule has 5 rings (SSSR count). The number of methoxy groups -OCH3 is 2. The summed E-state index contributed by atoms with van der Waals surface area (Å²) in [5.41, 5.74) is 2.70. The summed E-state index contributed by atoms with van der Waals surface area (Å²) in [5, 5.41) is 4.67. The Morgan fingerprint density at radius 3 is 2.29 bits per heavy atom. The largest absolute Gasteiger partial charge is 0.497 e. The molecule has 4 unspecified atom stereocenters. The van der Waals surface area contributed by atoms with Crippen molar-refractivity contribution in [2.24, 2.45) is 11.3 Å². The standard InChI is InChI=1S/C28H28N2O5/c1-18-9-13-21(14-10-18)30-25(26(31)29-20-11-15-22(33-2)16-12-20)28(17-35-30)23(24(28)27(32)34-3)19-7-5-4-6-8-19/h4-16,23-25H,17H2,1-3H3,(H,29,31). The van der Waals surface area contributed by atoms with Crippen molar-refractivity contribution in [1.29, 1.82) is 0 Å². The molecule has 1 amide bonds. The summed E-state index contributed by atoms with van der Waals surface area (Å²) >= 11 is 0. The zero-order valence-corrected chi connectivity index (χ0v) is 19.9. The second-order valence-electron chi connectivity index (χ2n) is 9.06. The molecule has 1 saturated heterocycles. The Labute approximate surface area is 204 Å². The van der Waals surface area contributed by atoms with Crippen molar-refractivity contribution in [3.63, 3.8) is 0 Å². The van der Waals surface area contributed by atoms with Gasteiger partial charge in [0.15, 0.2) is 0 Å². The first-order chi connectivity index (χ1) is 17.0. The van der Waals surface area contributed by atoms with E-state index in [-0.39, 0.29) is 24.4 Å². The minimum atomic E-state index is -0.768. The van der Waals surface area contributed by atoms with Gasteiger partial charge in [-0.2, -0.15) is 0 Å². The highest BCUT2D eigenvalue weighted by Crippen LogP contribution is 2.70. The first-order valence-corrected chi connectivity index (χ1v) is 11.6. The molecule has 1 N–H and O–H groups in total. The second kappa shape index (κ2) is 9.07. The maximum absolute atomic E-state index is 13.9. The van der Waals surface area contributed by atoms with Gasteiger partial charge in [0.1, 0.15) is 11.8 Å². The van der Waals surface area contributed by atoms with E-state index in [0.717, 1.165) is 16.8 Å². The summed E-state index contributed by atoms with van der Waals surface area (Å²) in [6.45, 7) is 2.23. The zero-order valence-electron chi connectivity index (χ0n) is 19.9. The molecule has 1 saturated carbocycles. The zero-order chi connectivity index (χ0) is 24.6. The number of rotatable bonds is 6. The first kappa shape index (κ1) is 22.9. The van der Waals surface area contributed by atoms with Crippen LogP contribution in [0, 0.1) is 18.3 Å². The van der Waals surface area contributed by atoms with Gasteiger partial charge in [-0.15, -0.1) is 0 Å². The topological polar surface area (TPSA) is 77.1 Å². The molecule has 180 valence electrons. The highest BCUT2D eigenvalue weighted by Gasteiger charge is 2.78. The maximum atomic E-state index is 13.9. The SMILES string of the molecule is COC(=O)C1C(c2ccccc2)C12CON(c1ccc(C)cc1)C2C(=O)Nc1ccc(OC)cc1. The van der Waals surface area contributed by atoms with Crippen LogP contribution >= 0.6 is 0 Å². The van der Waals surface area contributed by atoms with Crippen molar-refractivity contribution in [3.05, 3.63) is 90.0 Å². The van der Waals surface area contributed by atoms with Crippen LogP contribution in [0.25, 0.3) is 0 Å². The molecular weight excluding hydrogens is 444 g/mol. The van der Waals surface area contributed by atoms with Gasteiger partial charge in [0.25, 0.3) is 0 Å². The lowest BCUT2D eigenvalue weighted by Gasteiger charge is -2.27. The van der Waals surface area contributed by atoms with Crippen molar-refractivity contribution in [3.8, 4) is 5.75 Å². The molecule has 1 heterocycles. The minimum Gasteiger partial charge on any atom is -0.497 e. The van der Waals surface area contributed by atoms with Crippen LogP contribution in [-0.2, 0) is 19.2 Å². The lowest BCUT2D eigenvalue weighted by molar-refractivity contribution is -0.143. The predicted octanol–water partition coefficient (Wildman–Crippen LogP) is 4.34. The van der Waals surface area contributed by atoms with E-state index < -0.39 is 17.4 Å². The molecule has 2 aliphatic rings. The second-order valence-corrected chi connectivity index (χ2v) is 9.06. The molecule has 7 nitrogen and oxygen atoms in total. The van der Waals surface area contributed by atoms with Gasteiger partial charge in [-0.1, -0.05) is 48.0 Å². The van der Waals surface area contributed by atoms with Gasteiger partial charge in [0, 0.05) is 17.0 Å². The van der Waals surface area contributed by atoms with E-state index in [1.54, 1.807) is 36.4 Å². The van der Waals surface area contributed by atoms with E-state index in [1.807, 2.05) is 61.5 Å². The van der Waals surface area contributed by atoms with E-state index in [1.165, 1.54) is 7.11 Å². The molecule has 3 aromatic carbocycles. The fourth-order valence-electron chi connectivity index (χ4n) is 5.33. The number of esters is 1. The average molecular weight is 473 g/mol. The molecule has 3 aromatic rings. The molecule has 0 bridgehead atoms. The predicted molar refractivity (Wildman–Crippen MR) is 132 cm³/mol. The van der Waals surface area contributed by atoms with Crippen LogP contribution < -0.4 is 15.1 Å². The summed E-state index contributed by atoms with van der Waals surface area (Å²) in [6.07, 6.45) is 0. The third-order valence-corrected chi connectivity index (χ3v) is 7.09. The van der Waals surface area contributed by atoms with Gasteiger partial charge in [0.05, 0.1) is 32.4 Å². The quantitative estimate of drug-likeness (QED) is 0.538. The summed E-state index contributed by atoms with van der Waals surface area (Å²) < 4.78 is 10.4. The molecule has 4 atom stereocenters. The normalized spacial score (nSPS) is 24.8. The Bertz CT molecular complexity index is 1210. The van der Waals surface area contributed by atoms with Crippen LogP contribution in [0.5, 0.6) is 5.75 Å². The number of amides is 1. The summed E-state index contributed by atoms with van der Waals surface area (Å²) in [7, 11) is 2.98. The van der Waals surface area contributed by atoms with Crippen molar-refractivity contribution >= 4 is 23.3 Å². The number of carbonyl (C=O) groups excluding carboxylic acids is 2. The molecular formula is C28H28N2O5. The van der Waals surface area contributed by atoms with Gasteiger partial charge in [-0.05, 0) is 48.9 Å². The number of benzene rings is 3. The maximum Gasteiger partial charge on any atom is 0.310 e. The Morgan fingerprint density at radius 2 is 1.66 bits per heavy atom. The molecule has 7 heteroatoms. The van der Waals surface area contributed by atoms with Crippen molar-refractivity contribution in [1.82, 2.24) is 0 Å². The number of nitrogens with one attached hydrogen (secondary N) is 1. The van der Waals surface area contributed by atoms with Gasteiger partial charge in [-0.3, -0.25) is 14.4 Å². The number of ether oxygens (including phenoxy) is 2. The van der Waals surface area contributed by atoms with Crippen LogP contribution in [0.3, 0.4) is 0 Å². The number of hydrogen-bond donors (Lipinski definition) is 1. The highest BCUT2D eigenvalue weighted by atomic mass is 16.7. The van der Waals surface area contributed by atoms with Crippen molar-refractivity contribution < 1.29 is 23.9 Å². The third kappa shape index (κ3) is 3.91. The Morgan fingerprint density at radius 1 is 0.971 bits per heavy atom. The molecule has 1 aliphatic carbocycles. The Kier molecular flexibility index (Phi) is 5.94. The van der Waals surface area contributed by atoms with Gasteiger partial charge in [0.2, 0.25) is 5.91 Å². The molecule has 2 fully saturated rings. The number of aryl methyl sites for hydroxylation is 1. The lowest BCUT2D eigenvalue weighted by atomic mass is 9.90.